The highest BCUT2D eigenvalue weighted by molar-refractivity contribution is 7.80. The van der Waals surface area contributed by atoms with Crippen molar-refractivity contribution in [2.45, 2.75) is 11.3 Å². The zero-order chi connectivity index (χ0) is 12.8. The Morgan fingerprint density at radius 1 is 1.22 bits per heavy atom. The Balaban J connectivity index is 1.88. The van der Waals surface area contributed by atoms with Crippen molar-refractivity contribution < 1.29 is 4.79 Å². The van der Waals surface area contributed by atoms with Crippen LogP contribution in [0.3, 0.4) is 0 Å². The van der Waals surface area contributed by atoms with Crippen molar-refractivity contribution in [3.05, 3.63) is 59.9 Å². The lowest BCUT2D eigenvalue weighted by molar-refractivity contribution is 0.0951. The number of nitrogens with one attached hydrogen (secondary N) is 1. The van der Waals surface area contributed by atoms with Crippen LogP contribution in [0.2, 0.25) is 0 Å². The van der Waals surface area contributed by atoms with Crippen LogP contribution in [0.1, 0.15) is 15.9 Å². The van der Waals surface area contributed by atoms with Crippen LogP contribution < -0.4 is 5.32 Å². The van der Waals surface area contributed by atoms with Crippen molar-refractivity contribution in [1.29, 1.82) is 0 Å². The second-order valence-electron chi connectivity index (χ2n) is 3.88. The second kappa shape index (κ2) is 6.21. The Morgan fingerprint density at radius 2 is 2.06 bits per heavy atom. The molecule has 0 saturated heterocycles. The highest BCUT2D eigenvalue weighted by atomic mass is 32.1. The van der Waals surface area contributed by atoms with E-state index in [1.807, 2.05) is 24.3 Å². The fourth-order valence-corrected chi connectivity index (χ4v) is 1.89. The summed E-state index contributed by atoms with van der Waals surface area (Å²) < 4.78 is 0. The first kappa shape index (κ1) is 12.6. The quantitative estimate of drug-likeness (QED) is 0.827. The van der Waals surface area contributed by atoms with E-state index in [0.717, 1.165) is 12.0 Å². The molecule has 18 heavy (non-hydrogen) atoms. The Kier molecular flexibility index (Phi) is 4.36. The van der Waals surface area contributed by atoms with Crippen LogP contribution in [-0.2, 0) is 6.42 Å². The van der Waals surface area contributed by atoms with Crippen LogP contribution in [0, 0.1) is 0 Å². The summed E-state index contributed by atoms with van der Waals surface area (Å²) in [6, 6.07) is 11.1. The fraction of sp³-hybridized carbons (Fsp3) is 0.143. The minimum Gasteiger partial charge on any atom is -0.352 e. The Hall–Kier alpha value is -1.81. The maximum Gasteiger partial charge on any atom is 0.252 e. The van der Waals surface area contributed by atoms with Gasteiger partial charge in [-0.2, -0.15) is 0 Å². The van der Waals surface area contributed by atoms with Gasteiger partial charge in [0.25, 0.3) is 5.91 Å². The molecule has 92 valence electrons. The number of carbonyl (C=O) groups is 1. The first-order chi connectivity index (χ1) is 8.77. The van der Waals surface area contributed by atoms with E-state index in [9.17, 15) is 4.79 Å². The van der Waals surface area contributed by atoms with Gasteiger partial charge in [0.15, 0.2) is 0 Å². The molecule has 0 atom stereocenters. The molecule has 0 spiro atoms. The normalized spacial score (nSPS) is 10.1. The van der Waals surface area contributed by atoms with Gasteiger partial charge in [0.1, 0.15) is 0 Å². The molecule has 0 radical (unpaired) electrons. The number of nitrogens with zero attached hydrogens (tertiary/aromatic N) is 1. The molecule has 0 unspecified atom stereocenters. The zero-order valence-electron chi connectivity index (χ0n) is 9.84. The number of pyridine rings is 1. The number of thiol groups is 1. The highest BCUT2D eigenvalue weighted by Crippen LogP contribution is 2.12. The second-order valence-corrected chi connectivity index (χ2v) is 4.37. The van der Waals surface area contributed by atoms with Crippen LogP contribution in [0.25, 0.3) is 0 Å². The van der Waals surface area contributed by atoms with Gasteiger partial charge in [0.05, 0.1) is 5.56 Å². The minimum absolute atomic E-state index is 0.0931. The lowest BCUT2D eigenvalue weighted by Gasteiger charge is -2.06. The number of aromatic nitrogens is 1. The van der Waals surface area contributed by atoms with Crippen molar-refractivity contribution >= 4 is 18.5 Å². The molecular formula is C14H14N2OS. The number of benzene rings is 1. The van der Waals surface area contributed by atoms with E-state index in [2.05, 4.69) is 22.9 Å². The number of hydrogen-bond donors (Lipinski definition) is 2. The van der Waals surface area contributed by atoms with Gasteiger partial charge >= 0.3 is 0 Å². The average Bonchev–Trinajstić information content (AvgIpc) is 2.40. The molecule has 0 saturated carbocycles. The van der Waals surface area contributed by atoms with E-state index in [0.29, 0.717) is 17.0 Å². The van der Waals surface area contributed by atoms with E-state index in [4.69, 9.17) is 0 Å². The van der Waals surface area contributed by atoms with Gasteiger partial charge in [-0.05, 0) is 30.2 Å². The van der Waals surface area contributed by atoms with Crippen LogP contribution in [0.4, 0.5) is 0 Å². The third kappa shape index (κ3) is 3.34. The first-order valence-corrected chi connectivity index (χ1v) is 6.17. The first-order valence-electron chi connectivity index (χ1n) is 5.72. The molecule has 1 N–H and O–H groups in total. The largest absolute Gasteiger partial charge is 0.352 e. The van der Waals surface area contributed by atoms with Gasteiger partial charge in [-0.1, -0.05) is 18.2 Å². The molecule has 1 amide bonds. The highest BCUT2D eigenvalue weighted by Gasteiger charge is 2.07. The SMILES string of the molecule is O=C(NCCc1cccnc1)c1ccccc1S. The summed E-state index contributed by atoms with van der Waals surface area (Å²) in [6.45, 7) is 0.590. The summed E-state index contributed by atoms with van der Waals surface area (Å²) in [5.74, 6) is -0.0931. The summed E-state index contributed by atoms with van der Waals surface area (Å²) in [5.41, 5.74) is 1.71. The smallest absolute Gasteiger partial charge is 0.252 e. The van der Waals surface area contributed by atoms with Gasteiger partial charge in [-0.3, -0.25) is 9.78 Å². The third-order valence-corrected chi connectivity index (χ3v) is 2.96. The van der Waals surface area contributed by atoms with E-state index < -0.39 is 0 Å². The molecule has 0 fully saturated rings. The minimum atomic E-state index is -0.0931. The topological polar surface area (TPSA) is 42.0 Å². The molecule has 3 nitrogen and oxygen atoms in total. The maximum atomic E-state index is 11.9. The molecule has 1 aromatic heterocycles. The lowest BCUT2D eigenvalue weighted by atomic mass is 10.2. The Labute approximate surface area is 112 Å². The standard InChI is InChI=1S/C14H14N2OS/c17-14(12-5-1-2-6-13(12)18)16-9-7-11-4-3-8-15-10-11/h1-6,8,10,18H,7,9H2,(H,16,17). The number of hydrogen-bond acceptors (Lipinski definition) is 3. The molecule has 1 aromatic carbocycles. The summed E-state index contributed by atoms with van der Waals surface area (Å²) in [7, 11) is 0. The molecule has 2 rings (SSSR count). The van der Waals surface area contributed by atoms with Crippen molar-refractivity contribution in [3.8, 4) is 0 Å². The van der Waals surface area contributed by atoms with Crippen molar-refractivity contribution in [2.24, 2.45) is 0 Å². The molecule has 0 bridgehead atoms. The number of rotatable bonds is 4. The predicted octanol–water partition coefficient (Wildman–Crippen LogP) is 2.34. The molecular weight excluding hydrogens is 244 g/mol. The number of carbonyl (C=O) groups excluding carboxylic acids is 1. The van der Waals surface area contributed by atoms with Crippen LogP contribution >= 0.6 is 12.6 Å². The van der Waals surface area contributed by atoms with Gasteiger partial charge in [0, 0.05) is 23.8 Å². The van der Waals surface area contributed by atoms with Crippen molar-refractivity contribution in [3.63, 3.8) is 0 Å². The summed E-state index contributed by atoms with van der Waals surface area (Å²) in [5, 5.41) is 2.87. The summed E-state index contributed by atoms with van der Waals surface area (Å²) in [4.78, 5) is 16.6. The van der Waals surface area contributed by atoms with Crippen molar-refractivity contribution in [1.82, 2.24) is 10.3 Å². The van der Waals surface area contributed by atoms with E-state index in [1.54, 1.807) is 24.5 Å². The van der Waals surface area contributed by atoms with E-state index >= 15 is 0 Å². The third-order valence-electron chi connectivity index (χ3n) is 2.57. The Morgan fingerprint density at radius 3 is 2.78 bits per heavy atom. The number of amides is 1. The molecule has 0 aliphatic heterocycles. The maximum absolute atomic E-state index is 11.9. The summed E-state index contributed by atoms with van der Waals surface area (Å²) in [6.07, 6.45) is 4.31. The van der Waals surface area contributed by atoms with Crippen LogP contribution in [-0.4, -0.2) is 17.4 Å². The lowest BCUT2D eigenvalue weighted by Crippen LogP contribution is -2.26. The summed E-state index contributed by atoms with van der Waals surface area (Å²) >= 11 is 4.26. The zero-order valence-corrected chi connectivity index (χ0v) is 10.7. The monoisotopic (exact) mass is 258 g/mol. The van der Waals surface area contributed by atoms with Gasteiger partial charge in [-0.15, -0.1) is 12.6 Å². The average molecular weight is 258 g/mol. The molecule has 0 aliphatic carbocycles. The predicted molar refractivity (Wildman–Crippen MR) is 74.0 cm³/mol. The molecule has 4 heteroatoms. The molecule has 0 aliphatic rings. The molecule has 1 heterocycles. The van der Waals surface area contributed by atoms with Gasteiger partial charge in [0.2, 0.25) is 0 Å². The van der Waals surface area contributed by atoms with E-state index in [-0.39, 0.29) is 5.91 Å². The van der Waals surface area contributed by atoms with Crippen LogP contribution in [0.5, 0.6) is 0 Å². The van der Waals surface area contributed by atoms with E-state index in [1.165, 1.54) is 0 Å². The van der Waals surface area contributed by atoms with Crippen molar-refractivity contribution in [2.75, 3.05) is 6.54 Å². The van der Waals surface area contributed by atoms with Gasteiger partial charge < -0.3 is 5.32 Å². The van der Waals surface area contributed by atoms with Crippen LogP contribution in [0.15, 0.2) is 53.7 Å². The van der Waals surface area contributed by atoms with Gasteiger partial charge in [-0.25, -0.2) is 0 Å². The Bertz CT molecular complexity index is 528. The fourth-order valence-electron chi connectivity index (χ4n) is 1.63. The molecule has 2 aromatic rings.